The van der Waals surface area contributed by atoms with Gasteiger partial charge in [-0.1, -0.05) is 127 Å². The van der Waals surface area contributed by atoms with Crippen LogP contribution in [0.25, 0.3) is 0 Å². The third-order valence-electron chi connectivity index (χ3n) is 5.46. The van der Waals surface area contributed by atoms with Crippen molar-refractivity contribution < 1.29 is 9.05 Å². The molecule has 31 heavy (non-hydrogen) atoms. The van der Waals surface area contributed by atoms with Crippen LogP contribution in [0.2, 0.25) is 0 Å². The first-order valence-electron chi connectivity index (χ1n) is 11.9. The number of unbranched alkanes of at least 4 members (excludes halogenated alkanes) is 8. The minimum Gasteiger partial charge on any atom is -0.334 e. The predicted molar refractivity (Wildman–Crippen MR) is 142 cm³/mol. The number of alkyl halides is 6. The Labute approximate surface area is 221 Å². The van der Waals surface area contributed by atoms with E-state index in [1.165, 1.54) is 44.9 Å². The molecule has 0 aromatic carbocycles. The molecule has 186 valence electrons. The second-order valence-electron chi connectivity index (χ2n) is 8.52. The van der Waals surface area contributed by atoms with Gasteiger partial charge in [0.15, 0.2) is 16.0 Å². The van der Waals surface area contributed by atoms with Crippen LogP contribution in [0.4, 0.5) is 0 Å². The van der Waals surface area contributed by atoms with E-state index < -0.39 is 16.0 Å². The minimum atomic E-state index is -1.11. The summed E-state index contributed by atoms with van der Waals surface area (Å²) in [7, 11) is -0.785. The Morgan fingerprint density at radius 3 is 1.65 bits per heavy atom. The molecular formula is C22H39Cl6O2P. The van der Waals surface area contributed by atoms with Gasteiger partial charge in [-0.05, 0) is 51.4 Å². The first-order valence-corrected chi connectivity index (χ1v) is 15.5. The van der Waals surface area contributed by atoms with Crippen molar-refractivity contribution in [3.8, 4) is 0 Å². The SMILES string of the molecule is ClC(Cl)(Cl)CCCCCCCOP(CCCCCCCC(Cl)(Cl)Cl)OC1CCCCC1. The summed E-state index contributed by atoms with van der Waals surface area (Å²) < 4.78 is 10.4. The van der Waals surface area contributed by atoms with Crippen molar-refractivity contribution in [2.45, 2.75) is 123 Å². The quantitative estimate of drug-likeness (QED) is 0.0970. The summed E-state index contributed by atoms with van der Waals surface area (Å²) in [4.78, 5) is 0. The minimum absolute atomic E-state index is 0.395. The fourth-order valence-electron chi connectivity index (χ4n) is 3.71. The summed E-state index contributed by atoms with van der Waals surface area (Å²) in [5.41, 5.74) is 0. The average Bonchev–Trinajstić information content (AvgIpc) is 2.68. The van der Waals surface area contributed by atoms with E-state index in [1.807, 2.05) is 0 Å². The Morgan fingerprint density at radius 1 is 0.613 bits per heavy atom. The molecule has 1 saturated carbocycles. The van der Waals surface area contributed by atoms with Crippen LogP contribution in [-0.2, 0) is 9.05 Å². The Hall–Kier alpha value is 2.09. The van der Waals surface area contributed by atoms with Crippen molar-refractivity contribution in [2.24, 2.45) is 0 Å². The molecule has 0 aromatic rings. The molecule has 1 rings (SSSR count). The van der Waals surface area contributed by atoms with E-state index in [1.54, 1.807) is 0 Å². The van der Waals surface area contributed by atoms with Gasteiger partial charge in [0.25, 0.3) is 0 Å². The van der Waals surface area contributed by atoms with E-state index in [-0.39, 0.29) is 0 Å². The third-order valence-corrected chi connectivity index (χ3v) is 8.28. The Morgan fingerprint density at radius 2 is 1.10 bits per heavy atom. The summed E-state index contributed by atoms with van der Waals surface area (Å²) in [5, 5.41) is 0. The topological polar surface area (TPSA) is 18.5 Å². The lowest BCUT2D eigenvalue weighted by molar-refractivity contribution is 0.140. The first kappa shape index (κ1) is 31.1. The average molecular weight is 579 g/mol. The van der Waals surface area contributed by atoms with E-state index >= 15 is 0 Å². The molecule has 1 unspecified atom stereocenters. The summed E-state index contributed by atoms with van der Waals surface area (Å²) in [6.07, 6.45) is 19.9. The van der Waals surface area contributed by atoms with Gasteiger partial charge in [0.2, 0.25) is 0 Å². The summed E-state index contributed by atoms with van der Waals surface area (Å²) >= 11 is 34.8. The lowest BCUT2D eigenvalue weighted by atomic mass is 9.98. The van der Waals surface area contributed by atoms with Crippen LogP contribution < -0.4 is 0 Å². The smallest absolute Gasteiger partial charge is 0.190 e. The molecule has 0 radical (unpaired) electrons. The number of hydrogen-bond donors (Lipinski definition) is 0. The van der Waals surface area contributed by atoms with Gasteiger partial charge in [-0.25, -0.2) is 0 Å². The second kappa shape index (κ2) is 18.4. The van der Waals surface area contributed by atoms with Crippen LogP contribution in [0.3, 0.4) is 0 Å². The van der Waals surface area contributed by atoms with Crippen LogP contribution in [0, 0.1) is 0 Å². The highest BCUT2D eigenvalue weighted by molar-refractivity contribution is 7.47. The van der Waals surface area contributed by atoms with Gasteiger partial charge >= 0.3 is 0 Å². The normalized spacial score (nSPS) is 17.2. The van der Waals surface area contributed by atoms with Crippen LogP contribution in [-0.4, -0.2) is 26.5 Å². The van der Waals surface area contributed by atoms with E-state index in [0.29, 0.717) is 18.9 Å². The zero-order valence-corrected chi connectivity index (χ0v) is 24.0. The fourth-order valence-corrected chi connectivity index (χ4v) is 6.16. The van der Waals surface area contributed by atoms with Crippen molar-refractivity contribution in [1.29, 1.82) is 0 Å². The van der Waals surface area contributed by atoms with Gasteiger partial charge < -0.3 is 9.05 Å². The fraction of sp³-hybridized carbons (Fsp3) is 1.00. The zero-order chi connectivity index (χ0) is 23.0. The van der Waals surface area contributed by atoms with E-state index in [9.17, 15) is 0 Å². The Kier molecular flexibility index (Phi) is 18.4. The van der Waals surface area contributed by atoms with Crippen molar-refractivity contribution >= 4 is 78.0 Å². The molecule has 1 aliphatic carbocycles. The van der Waals surface area contributed by atoms with Crippen LogP contribution in [0.5, 0.6) is 0 Å². The molecule has 0 N–H and O–H groups in total. The molecule has 1 atom stereocenters. The van der Waals surface area contributed by atoms with E-state index in [0.717, 1.165) is 64.1 Å². The summed E-state index contributed by atoms with van der Waals surface area (Å²) in [6.45, 7) is 0.784. The second-order valence-corrected chi connectivity index (χ2v) is 15.1. The molecule has 2 nitrogen and oxygen atoms in total. The molecule has 0 amide bonds. The van der Waals surface area contributed by atoms with Gasteiger partial charge in [0, 0.05) is 6.16 Å². The maximum absolute atomic E-state index is 6.39. The van der Waals surface area contributed by atoms with Gasteiger partial charge in [-0.2, -0.15) is 0 Å². The molecular weight excluding hydrogens is 540 g/mol. The Bertz CT molecular complexity index is 425. The van der Waals surface area contributed by atoms with Gasteiger partial charge in [-0.3, -0.25) is 0 Å². The monoisotopic (exact) mass is 576 g/mol. The zero-order valence-electron chi connectivity index (χ0n) is 18.5. The van der Waals surface area contributed by atoms with E-state index in [4.69, 9.17) is 78.7 Å². The Balaban J connectivity index is 2.15. The first-order chi connectivity index (χ1) is 14.7. The maximum atomic E-state index is 6.39. The predicted octanol–water partition coefficient (Wildman–Crippen LogP) is 11.1. The molecule has 9 heteroatoms. The summed E-state index contributed by atoms with van der Waals surface area (Å²) in [5.74, 6) is 0. The van der Waals surface area contributed by atoms with Crippen molar-refractivity contribution in [3.05, 3.63) is 0 Å². The highest BCUT2D eigenvalue weighted by Crippen LogP contribution is 2.43. The highest BCUT2D eigenvalue weighted by atomic mass is 35.6. The van der Waals surface area contributed by atoms with Crippen LogP contribution in [0.1, 0.15) is 109 Å². The highest BCUT2D eigenvalue weighted by Gasteiger charge is 2.21. The lowest BCUT2D eigenvalue weighted by Crippen LogP contribution is -2.15. The summed E-state index contributed by atoms with van der Waals surface area (Å²) in [6, 6.07) is 0. The van der Waals surface area contributed by atoms with Gasteiger partial charge in [-0.15, -0.1) is 0 Å². The largest absolute Gasteiger partial charge is 0.334 e. The molecule has 0 bridgehead atoms. The molecule has 0 heterocycles. The molecule has 1 fully saturated rings. The number of halogens is 6. The molecule has 0 aliphatic heterocycles. The number of hydrogen-bond acceptors (Lipinski definition) is 2. The van der Waals surface area contributed by atoms with Gasteiger partial charge in [0.05, 0.1) is 12.7 Å². The molecule has 0 saturated heterocycles. The number of rotatable bonds is 17. The van der Waals surface area contributed by atoms with Crippen molar-refractivity contribution in [3.63, 3.8) is 0 Å². The van der Waals surface area contributed by atoms with Crippen LogP contribution >= 0.6 is 78.0 Å². The molecule has 1 aliphatic rings. The lowest BCUT2D eigenvalue weighted by Gasteiger charge is -2.27. The van der Waals surface area contributed by atoms with Crippen molar-refractivity contribution in [1.82, 2.24) is 0 Å². The standard InChI is InChI=1S/C22H39Cl6O2P/c23-21(24,25)16-10-3-1-5-12-18-29-31(30-20-14-8-7-9-15-20)19-13-6-2-4-11-17-22(26,27)28/h20H,1-19H2. The van der Waals surface area contributed by atoms with E-state index in [2.05, 4.69) is 0 Å². The van der Waals surface area contributed by atoms with Crippen molar-refractivity contribution in [2.75, 3.05) is 12.8 Å². The maximum Gasteiger partial charge on any atom is 0.190 e. The van der Waals surface area contributed by atoms with Crippen LogP contribution in [0.15, 0.2) is 0 Å². The molecule has 0 aromatic heterocycles. The molecule has 0 spiro atoms. The third kappa shape index (κ3) is 21.1. The van der Waals surface area contributed by atoms with Gasteiger partial charge in [0.1, 0.15) is 0 Å².